The minimum atomic E-state index is -1.04. The van der Waals surface area contributed by atoms with E-state index in [4.69, 9.17) is 5.11 Å². The number of carbonyl (C=O) groups is 1. The number of aromatic hydroxyl groups is 3. The van der Waals surface area contributed by atoms with Crippen molar-refractivity contribution in [2.24, 2.45) is 4.99 Å². The molecule has 0 spiro atoms. The molecular formula is C26H20N2O6. The van der Waals surface area contributed by atoms with Gasteiger partial charge in [-0.15, -0.1) is 0 Å². The van der Waals surface area contributed by atoms with E-state index >= 15 is 0 Å². The van der Waals surface area contributed by atoms with Gasteiger partial charge >= 0.3 is 5.97 Å². The summed E-state index contributed by atoms with van der Waals surface area (Å²) in [7, 11) is 0. The van der Waals surface area contributed by atoms with Crippen LogP contribution in [0, 0.1) is 0 Å². The Balaban J connectivity index is 1.74. The molecule has 0 radical (unpaired) electrons. The smallest absolute Gasteiger partial charge is 0.328 e. The summed E-state index contributed by atoms with van der Waals surface area (Å²) >= 11 is 0. The van der Waals surface area contributed by atoms with E-state index in [1.807, 2.05) is 12.1 Å². The van der Waals surface area contributed by atoms with Gasteiger partial charge in [0.15, 0.2) is 11.5 Å². The van der Waals surface area contributed by atoms with Crippen LogP contribution in [0.4, 0.5) is 0 Å². The van der Waals surface area contributed by atoms with Crippen LogP contribution in [0.2, 0.25) is 0 Å². The predicted octanol–water partition coefficient (Wildman–Crippen LogP) is 4.03. The number of fused-ring (bicyclic) bond motifs is 1. The Bertz CT molecular complexity index is 1520. The van der Waals surface area contributed by atoms with Crippen molar-refractivity contribution < 1.29 is 25.2 Å². The topological polar surface area (TPSA) is 143 Å². The minimum absolute atomic E-state index is 0.172. The number of aromatic nitrogens is 1. The molecule has 0 bridgehead atoms. The molecule has 5 N–H and O–H groups in total. The van der Waals surface area contributed by atoms with Gasteiger partial charge in [0.05, 0.1) is 12.1 Å². The Morgan fingerprint density at radius 1 is 0.912 bits per heavy atom. The van der Waals surface area contributed by atoms with Crippen LogP contribution in [-0.2, 0) is 11.3 Å². The SMILES string of the molecule is O=C(O)C=Cc1cccc(-c2ccc3c(=O)[nH]c(O)c(C=NCc4ccc(O)c(O)c4)c3c2)c1. The number of phenols is 2. The van der Waals surface area contributed by atoms with Crippen molar-refractivity contribution in [2.45, 2.75) is 6.54 Å². The molecule has 8 heteroatoms. The van der Waals surface area contributed by atoms with Crippen molar-refractivity contribution in [3.05, 3.63) is 93.8 Å². The van der Waals surface area contributed by atoms with Crippen molar-refractivity contribution in [2.75, 3.05) is 0 Å². The zero-order chi connectivity index (χ0) is 24.2. The normalized spacial score (nSPS) is 11.5. The van der Waals surface area contributed by atoms with E-state index in [0.717, 1.165) is 17.2 Å². The molecule has 34 heavy (non-hydrogen) atoms. The summed E-state index contributed by atoms with van der Waals surface area (Å²) < 4.78 is 0. The molecule has 0 amide bonds. The number of aliphatic imine (C=N–C) groups is 1. The van der Waals surface area contributed by atoms with E-state index < -0.39 is 11.5 Å². The van der Waals surface area contributed by atoms with Crippen LogP contribution in [-0.4, -0.2) is 37.6 Å². The summed E-state index contributed by atoms with van der Waals surface area (Å²) in [6.07, 6.45) is 3.98. The molecule has 0 saturated carbocycles. The van der Waals surface area contributed by atoms with Crippen molar-refractivity contribution in [1.82, 2.24) is 4.98 Å². The van der Waals surface area contributed by atoms with E-state index in [1.165, 1.54) is 24.4 Å². The molecule has 3 aromatic carbocycles. The van der Waals surface area contributed by atoms with Gasteiger partial charge in [-0.05, 0) is 58.7 Å². The molecule has 0 aliphatic heterocycles. The molecular weight excluding hydrogens is 436 g/mol. The number of carboxylic acids is 1. The number of hydrogen-bond acceptors (Lipinski definition) is 6. The van der Waals surface area contributed by atoms with Gasteiger partial charge in [-0.2, -0.15) is 0 Å². The highest BCUT2D eigenvalue weighted by Crippen LogP contribution is 2.29. The molecule has 0 unspecified atom stereocenters. The quantitative estimate of drug-likeness (QED) is 0.168. The fourth-order valence-electron chi connectivity index (χ4n) is 3.54. The number of aliphatic carboxylic acids is 1. The lowest BCUT2D eigenvalue weighted by molar-refractivity contribution is -0.131. The summed E-state index contributed by atoms with van der Waals surface area (Å²) in [6.45, 7) is 0.172. The number of benzene rings is 3. The van der Waals surface area contributed by atoms with E-state index in [-0.39, 0.29) is 23.9 Å². The molecule has 4 aromatic rings. The maximum Gasteiger partial charge on any atom is 0.328 e. The van der Waals surface area contributed by atoms with Crippen LogP contribution in [0.5, 0.6) is 17.4 Å². The Labute approximate surface area is 193 Å². The van der Waals surface area contributed by atoms with Gasteiger partial charge in [0, 0.05) is 23.1 Å². The number of pyridine rings is 1. The standard InChI is InChI=1S/C26H20N2O6/c29-22-8-4-16(11-23(22)30)13-27-14-21-20-12-18(6-7-19(20)25(33)28-26(21)34)17-3-1-2-15(10-17)5-9-24(31)32/h1-12,14,29-30H,13H2,(H,31,32)(H2,28,33,34). The first-order valence-corrected chi connectivity index (χ1v) is 10.2. The van der Waals surface area contributed by atoms with Crippen molar-refractivity contribution in [3.8, 4) is 28.5 Å². The van der Waals surface area contributed by atoms with Crippen LogP contribution >= 0.6 is 0 Å². The summed E-state index contributed by atoms with van der Waals surface area (Å²) in [5.74, 6) is -1.86. The van der Waals surface area contributed by atoms with E-state index in [2.05, 4.69) is 9.98 Å². The molecule has 1 aromatic heterocycles. The van der Waals surface area contributed by atoms with Crippen molar-refractivity contribution in [1.29, 1.82) is 0 Å². The molecule has 0 aliphatic carbocycles. The average Bonchev–Trinajstić information content (AvgIpc) is 2.82. The first-order chi connectivity index (χ1) is 16.3. The number of H-pyrrole nitrogens is 1. The largest absolute Gasteiger partial charge is 0.504 e. The molecule has 4 rings (SSSR count). The van der Waals surface area contributed by atoms with Crippen molar-refractivity contribution in [3.63, 3.8) is 0 Å². The third-order valence-electron chi connectivity index (χ3n) is 5.21. The zero-order valence-electron chi connectivity index (χ0n) is 17.8. The molecule has 8 nitrogen and oxygen atoms in total. The number of phenolic OH excluding ortho intramolecular Hbond substituents is 2. The van der Waals surface area contributed by atoms with Gasteiger partial charge in [-0.1, -0.05) is 30.3 Å². The van der Waals surface area contributed by atoms with E-state index in [0.29, 0.717) is 27.5 Å². The van der Waals surface area contributed by atoms with Crippen LogP contribution < -0.4 is 5.56 Å². The van der Waals surface area contributed by atoms with Gasteiger partial charge in [-0.25, -0.2) is 4.79 Å². The second kappa shape index (κ2) is 9.33. The van der Waals surface area contributed by atoms with Crippen LogP contribution in [0.3, 0.4) is 0 Å². The van der Waals surface area contributed by atoms with E-state index in [9.17, 15) is 24.9 Å². The lowest BCUT2D eigenvalue weighted by Gasteiger charge is -2.09. The van der Waals surface area contributed by atoms with Gasteiger partial charge in [-0.3, -0.25) is 14.8 Å². The van der Waals surface area contributed by atoms with Crippen molar-refractivity contribution >= 4 is 29.0 Å². The number of carboxylic acid groups (broad SMARTS) is 1. The fraction of sp³-hybridized carbons (Fsp3) is 0.0385. The summed E-state index contributed by atoms with van der Waals surface area (Å²) in [5, 5.41) is 39.2. The maximum atomic E-state index is 12.4. The van der Waals surface area contributed by atoms with E-state index in [1.54, 1.807) is 36.4 Å². The number of hydrogen-bond donors (Lipinski definition) is 5. The van der Waals surface area contributed by atoms with Gasteiger partial charge in [0.2, 0.25) is 5.88 Å². The zero-order valence-corrected chi connectivity index (χ0v) is 17.8. The summed E-state index contributed by atoms with van der Waals surface area (Å²) in [6, 6.07) is 16.8. The number of rotatable bonds is 6. The average molecular weight is 456 g/mol. The highest BCUT2D eigenvalue weighted by molar-refractivity contribution is 6.02. The Morgan fingerprint density at radius 2 is 1.71 bits per heavy atom. The molecule has 0 atom stereocenters. The molecule has 0 aliphatic rings. The maximum absolute atomic E-state index is 12.4. The fourth-order valence-corrected chi connectivity index (χ4v) is 3.54. The predicted molar refractivity (Wildman–Crippen MR) is 129 cm³/mol. The molecule has 170 valence electrons. The number of nitrogens with one attached hydrogen (secondary N) is 1. The first-order valence-electron chi connectivity index (χ1n) is 10.2. The van der Waals surface area contributed by atoms with Gasteiger partial charge in [0.1, 0.15) is 0 Å². The summed E-state index contributed by atoms with van der Waals surface area (Å²) in [4.78, 5) is 29.9. The Morgan fingerprint density at radius 3 is 2.47 bits per heavy atom. The lowest BCUT2D eigenvalue weighted by Crippen LogP contribution is -2.08. The summed E-state index contributed by atoms with van der Waals surface area (Å²) in [5.41, 5.74) is 2.79. The third kappa shape index (κ3) is 4.81. The second-order valence-electron chi connectivity index (χ2n) is 7.57. The first kappa shape index (κ1) is 22.3. The highest BCUT2D eigenvalue weighted by atomic mass is 16.4. The molecule has 0 saturated heterocycles. The van der Waals surface area contributed by atoms with Crippen LogP contribution in [0.15, 0.2) is 76.5 Å². The molecule has 0 fully saturated rings. The number of aromatic amines is 1. The monoisotopic (exact) mass is 456 g/mol. The van der Waals surface area contributed by atoms with Gasteiger partial charge < -0.3 is 20.4 Å². The Hall–Kier alpha value is -4.85. The Kier molecular flexibility index (Phi) is 6.13. The second-order valence-corrected chi connectivity index (χ2v) is 7.57. The highest BCUT2D eigenvalue weighted by Gasteiger charge is 2.11. The minimum Gasteiger partial charge on any atom is -0.504 e. The third-order valence-corrected chi connectivity index (χ3v) is 5.21. The van der Waals surface area contributed by atoms with Crippen LogP contribution in [0.1, 0.15) is 16.7 Å². The van der Waals surface area contributed by atoms with Gasteiger partial charge in [0.25, 0.3) is 5.56 Å². The number of nitrogens with zero attached hydrogens (tertiary/aromatic N) is 1. The molecule has 1 heterocycles. The van der Waals surface area contributed by atoms with Crippen LogP contribution in [0.25, 0.3) is 28.0 Å². The lowest BCUT2D eigenvalue weighted by atomic mass is 9.98.